The van der Waals surface area contributed by atoms with Crippen LogP contribution < -0.4 is 10.6 Å². The van der Waals surface area contributed by atoms with Crippen molar-refractivity contribution in [3.63, 3.8) is 0 Å². The summed E-state index contributed by atoms with van der Waals surface area (Å²) in [6, 6.07) is 12.8. The van der Waals surface area contributed by atoms with E-state index in [1.807, 2.05) is 7.05 Å². The molecule has 3 aliphatic rings. The number of piperidine rings is 1. The first kappa shape index (κ1) is 16.9. The summed E-state index contributed by atoms with van der Waals surface area (Å²) in [5.41, 5.74) is 1.44. The minimum Gasteiger partial charge on any atom is -0.354 e. The number of hydrogen-bond acceptors (Lipinski definition) is 2. The highest BCUT2D eigenvalue weighted by atomic mass is 15.2. The lowest BCUT2D eigenvalue weighted by Gasteiger charge is -2.36. The molecule has 2 N–H and O–H groups in total. The van der Waals surface area contributed by atoms with Gasteiger partial charge in [0.25, 0.3) is 0 Å². The molecule has 2 unspecified atom stereocenters. The zero-order valence-electron chi connectivity index (χ0n) is 15.5. The fourth-order valence-corrected chi connectivity index (χ4v) is 4.64. The number of likely N-dealkylation sites (tertiary alicyclic amines) is 1. The molecule has 0 aromatic heterocycles. The molecule has 0 bridgehead atoms. The number of nitrogens with one attached hydrogen (secondary N) is 2. The van der Waals surface area contributed by atoms with E-state index in [2.05, 4.69) is 50.9 Å². The average Bonchev–Trinajstić information content (AvgIpc) is 3.21. The Bertz CT molecular complexity index is 571. The first-order chi connectivity index (χ1) is 12.3. The number of nitrogens with zero attached hydrogens (tertiary/aromatic N) is 2. The summed E-state index contributed by atoms with van der Waals surface area (Å²) in [6.07, 6.45) is 9.40. The van der Waals surface area contributed by atoms with Crippen LogP contribution in [0, 0.1) is 0 Å². The van der Waals surface area contributed by atoms with E-state index in [1.165, 1.54) is 63.6 Å². The molecule has 4 heteroatoms. The SMILES string of the molecule is CN=C(NC1CCN(C2CCCC2)CC1)NC1CC1c1ccccc1. The van der Waals surface area contributed by atoms with E-state index in [9.17, 15) is 0 Å². The van der Waals surface area contributed by atoms with Gasteiger partial charge in [-0.3, -0.25) is 4.99 Å². The summed E-state index contributed by atoms with van der Waals surface area (Å²) < 4.78 is 0. The minimum absolute atomic E-state index is 0.534. The molecule has 2 atom stereocenters. The Labute approximate surface area is 152 Å². The third-order valence-corrected chi connectivity index (χ3v) is 6.28. The molecule has 1 saturated heterocycles. The summed E-state index contributed by atoms with van der Waals surface area (Å²) in [5.74, 6) is 1.63. The number of aliphatic imine (C=N–C) groups is 1. The van der Waals surface area contributed by atoms with Gasteiger partial charge in [-0.1, -0.05) is 43.2 Å². The molecule has 1 heterocycles. The van der Waals surface area contributed by atoms with Gasteiger partial charge in [0.05, 0.1) is 0 Å². The molecule has 0 spiro atoms. The Morgan fingerprint density at radius 2 is 1.72 bits per heavy atom. The number of guanidine groups is 1. The van der Waals surface area contributed by atoms with Crippen molar-refractivity contribution in [3.8, 4) is 0 Å². The van der Waals surface area contributed by atoms with Crippen LogP contribution in [0.5, 0.6) is 0 Å². The molecular weight excluding hydrogens is 308 g/mol. The van der Waals surface area contributed by atoms with Gasteiger partial charge in [-0.25, -0.2) is 0 Å². The van der Waals surface area contributed by atoms with E-state index in [0.29, 0.717) is 18.0 Å². The summed E-state index contributed by atoms with van der Waals surface area (Å²) in [5, 5.41) is 7.30. The van der Waals surface area contributed by atoms with Gasteiger partial charge in [-0.15, -0.1) is 0 Å². The molecule has 3 fully saturated rings. The van der Waals surface area contributed by atoms with Crippen LogP contribution in [0.3, 0.4) is 0 Å². The number of benzene rings is 1. The average molecular weight is 341 g/mol. The van der Waals surface area contributed by atoms with Gasteiger partial charge in [-0.05, 0) is 37.7 Å². The number of rotatable bonds is 4. The summed E-state index contributed by atoms with van der Waals surface area (Å²) >= 11 is 0. The number of hydrogen-bond donors (Lipinski definition) is 2. The lowest BCUT2D eigenvalue weighted by molar-refractivity contribution is 0.150. The molecule has 2 aliphatic carbocycles. The lowest BCUT2D eigenvalue weighted by atomic mass is 10.0. The van der Waals surface area contributed by atoms with E-state index in [1.54, 1.807) is 0 Å². The molecule has 4 nitrogen and oxygen atoms in total. The largest absolute Gasteiger partial charge is 0.354 e. The second kappa shape index (κ2) is 7.77. The Kier molecular flexibility index (Phi) is 5.25. The van der Waals surface area contributed by atoms with Crippen molar-refractivity contribution in [1.29, 1.82) is 0 Å². The zero-order chi connectivity index (χ0) is 17.1. The van der Waals surface area contributed by atoms with Crippen molar-refractivity contribution < 1.29 is 0 Å². The van der Waals surface area contributed by atoms with Gasteiger partial charge in [0.1, 0.15) is 0 Å². The van der Waals surface area contributed by atoms with Gasteiger partial charge in [0.15, 0.2) is 5.96 Å². The highest BCUT2D eigenvalue weighted by Gasteiger charge is 2.39. The third-order valence-electron chi connectivity index (χ3n) is 6.28. The topological polar surface area (TPSA) is 39.7 Å². The van der Waals surface area contributed by atoms with Crippen molar-refractivity contribution in [2.45, 2.75) is 69.0 Å². The minimum atomic E-state index is 0.534. The lowest BCUT2D eigenvalue weighted by Crippen LogP contribution is -2.50. The van der Waals surface area contributed by atoms with Crippen LogP contribution in [0.1, 0.15) is 56.4 Å². The van der Waals surface area contributed by atoms with Crippen LogP contribution in [0.15, 0.2) is 35.3 Å². The smallest absolute Gasteiger partial charge is 0.191 e. The maximum Gasteiger partial charge on any atom is 0.191 e. The van der Waals surface area contributed by atoms with E-state index in [0.717, 1.165) is 12.0 Å². The first-order valence-corrected chi connectivity index (χ1v) is 10.1. The highest BCUT2D eigenvalue weighted by Crippen LogP contribution is 2.40. The standard InChI is InChI=1S/C21H32N4/c1-22-21(24-20-15-19(20)16-7-3-2-4-8-16)23-17-11-13-25(14-12-17)18-9-5-6-10-18/h2-4,7-8,17-20H,5-6,9-15H2,1H3,(H2,22,23,24). The summed E-state index contributed by atoms with van der Waals surface area (Å²) in [7, 11) is 1.89. The predicted molar refractivity (Wildman–Crippen MR) is 104 cm³/mol. The third kappa shape index (κ3) is 4.17. The summed E-state index contributed by atoms with van der Waals surface area (Å²) in [4.78, 5) is 7.20. The maximum absolute atomic E-state index is 4.47. The molecule has 0 amide bonds. The van der Waals surface area contributed by atoms with E-state index >= 15 is 0 Å². The molecule has 2 saturated carbocycles. The van der Waals surface area contributed by atoms with Crippen molar-refractivity contribution in [3.05, 3.63) is 35.9 Å². The molecule has 4 rings (SSSR count). The van der Waals surface area contributed by atoms with Crippen molar-refractivity contribution in [2.75, 3.05) is 20.1 Å². The fourth-order valence-electron chi connectivity index (χ4n) is 4.64. The molecule has 0 radical (unpaired) electrons. The van der Waals surface area contributed by atoms with Crippen LogP contribution in [0.2, 0.25) is 0 Å². The van der Waals surface area contributed by atoms with Gasteiger partial charge in [0.2, 0.25) is 0 Å². The van der Waals surface area contributed by atoms with Crippen molar-refractivity contribution in [2.24, 2.45) is 4.99 Å². The van der Waals surface area contributed by atoms with Crippen LogP contribution in [-0.4, -0.2) is 49.1 Å². The Hall–Kier alpha value is -1.55. The quantitative estimate of drug-likeness (QED) is 0.653. The molecule has 1 aliphatic heterocycles. The maximum atomic E-state index is 4.47. The van der Waals surface area contributed by atoms with Crippen molar-refractivity contribution >= 4 is 5.96 Å². The van der Waals surface area contributed by atoms with Crippen LogP contribution in [0.4, 0.5) is 0 Å². The second-order valence-corrected chi connectivity index (χ2v) is 7.97. The molecule has 136 valence electrons. The van der Waals surface area contributed by atoms with E-state index in [-0.39, 0.29) is 0 Å². The van der Waals surface area contributed by atoms with Gasteiger partial charge < -0.3 is 15.5 Å². The fraction of sp³-hybridized carbons (Fsp3) is 0.667. The summed E-state index contributed by atoms with van der Waals surface area (Å²) in [6.45, 7) is 2.49. The Morgan fingerprint density at radius 1 is 1.00 bits per heavy atom. The van der Waals surface area contributed by atoms with Crippen molar-refractivity contribution in [1.82, 2.24) is 15.5 Å². The zero-order valence-corrected chi connectivity index (χ0v) is 15.5. The van der Waals surface area contributed by atoms with Gasteiger partial charge in [0, 0.05) is 44.2 Å². The Balaban J connectivity index is 1.22. The molecular formula is C21H32N4. The highest BCUT2D eigenvalue weighted by molar-refractivity contribution is 5.80. The molecule has 1 aromatic rings. The second-order valence-electron chi connectivity index (χ2n) is 7.97. The van der Waals surface area contributed by atoms with Crippen LogP contribution >= 0.6 is 0 Å². The monoisotopic (exact) mass is 340 g/mol. The van der Waals surface area contributed by atoms with E-state index < -0.39 is 0 Å². The Morgan fingerprint density at radius 3 is 2.40 bits per heavy atom. The molecule has 1 aromatic carbocycles. The van der Waals surface area contributed by atoms with Gasteiger partial charge in [-0.2, -0.15) is 0 Å². The molecule has 25 heavy (non-hydrogen) atoms. The predicted octanol–water partition coefficient (Wildman–Crippen LogP) is 3.11. The van der Waals surface area contributed by atoms with Crippen LogP contribution in [0.25, 0.3) is 0 Å². The van der Waals surface area contributed by atoms with E-state index in [4.69, 9.17) is 0 Å². The van der Waals surface area contributed by atoms with Crippen LogP contribution in [-0.2, 0) is 0 Å². The normalized spacial score (nSPS) is 28.9. The first-order valence-electron chi connectivity index (χ1n) is 10.1. The van der Waals surface area contributed by atoms with Gasteiger partial charge >= 0.3 is 0 Å².